The highest BCUT2D eigenvalue weighted by molar-refractivity contribution is 8.15. The summed E-state index contributed by atoms with van der Waals surface area (Å²) in [6.07, 6.45) is 0.543. The Labute approximate surface area is 108 Å². The normalized spacial score (nSPS) is 21.2. The molecule has 0 spiro atoms. The fraction of sp³-hybridized carbons (Fsp3) is 0.250. The molecular formula is C12H11ClO3S. The number of halogens is 1. The highest BCUT2D eigenvalue weighted by Crippen LogP contribution is 2.39. The molecule has 2 rings (SSSR count). The number of aliphatic hydroxyl groups excluding tert-OH is 1. The largest absolute Gasteiger partial charge is 0.500 e. The molecule has 0 amide bonds. The minimum absolute atomic E-state index is 0.113. The highest BCUT2D eigenvalue weighted by atomic mass is 35.5. The van der Waals surface area contributed by atoms with E-state index >= 15 is 0 Å². The maximum Gasteiger partial charge on any atom is 0.216 e. The third-order valence-corrected chi connectivity index (χ3v) is 3.97. The number of benzene rings is 1. The van der Waals surface area contributed by atoms with E-state index in [1.165, 1.54) is 13.2 Å². The van der Waals surface area contributed by atoms with E-state index in [-0.39, 0.29) is 5.12 Å². The molecular weight excluding hydrogens is 260 g/mol. The second kappa shape index (κ2) is 5.12. The van der Waals surface area contributed by atoms with Crippen LogP contribution in [0, 0.1) is 0 Å². The number of thioether (sulfide) groups is 1. The molecule has 2 atom stereocenters. The van der Waals surface area contributed by atoms with E-state index in [4.69, 9.17) is 16.3 Å². The topological polar surface area (TPSA) is 46.5 Å². The van der Waals surface area contributed by atoms with E-state index in [9.17, 15) is 9.90 Å². The second-order valence-corrected chi connectivity index (χ2v) is 5.13. The maximum atomic E-state index is 11.3. The van der Waals surface area contributed by atoms with Gasteiger partial charge in [0.05, 0.1) is 13.2 Å². The van der Waals surface area contributed by atoms with Crippen molar-refractivity contribution in [2.24, 2.45) is 0 Å². The average molecular weight is 271 g/mol. The standard InChI is InChI=1S/C12H11ClO3S/c1-16-9-6-10(14)17-12(9)11(15)7-4-2-3-5-8(7)13/h2-6,11-12,15H,1H3/t11-,12-/m0/s1. The minimum atomic E-state index is -0.855. The van der Waals surface area contributed by atoms with Crippen LogP contribution in [0.4, 0.5) is 0 Å². The smallest absolute Gasteiger partial charge is 0.216 e. The van der Waals surface area contributed by atoms with Crippen LogP contribution >= 0.6 is 23.4 Å². The Kier molecular flexibility index (Phi) is 3.76. The summed E-state index contributed by atoms with van der Waals surface area (Å²) in [4.78, 5) is 11.3. The van der Waals surface area contributed by atoms with Crippen molar-refractivity contribution in [3.8, 4) is 0 Å². The van der Waals surface area contributed by atoms with Crippen molar-refractivity contribution < 1.29 is 14.6 Å². The van der Waals surface area contributed by atoms with Crippen LogP contribution in [0.15, 0.2) is 36.1 Å². The van der Waals surface area contributed by atoms with E-state index in [0.29, 0.717) is 16.3 Å². The summed E-state index contributed by atoms with van der Waals surface area (Å²) in [5.74, 6) is 0.479. The zero-order valence-electron chi connectivity index (χ0n) is 9.09. The van der Waals surface area contributed by atoms with Crippen LogP contribution in [0.25, 0.3) is 0 Å². The van der Waals surface area contributed by atoms with Crippen molar-refractivity contribution >= 4 is 28.5 Å². The number of ether oxygens (including phenoxy) is 1. The summed E-state index contributed by atoms with van der Waals surface area (Å²) in [5, 5.41) is 10.2. The second-order valence-electron chi connectivity index (χ2n) is 3.57. The predicted molar refractivity (Wildman–Crippen MR) is 67.9 cm³/mol. The Balaban J connectivity index is 2.27. The molecule has 0 fully saturated rings. The molecule has 5 heteroatoms. The molecule has 90 valence electrons. The van der Waals surface area contributed by atoms with Gasteiger partial charge in [0.1, 0.15) is 11.0 Å². The Morgan fingerprint density at radius 2 is 2.18 bits per heavy atom. The van der Waals surface area contributed by atoms with E-state index in [0.717, 1.165) is 11.8 Å². The fourth-order valence-corrected chi connectivity index (χ4v) is 2.93. The molecule has 0 bridgehead atoms. The maximum absolute atomic E-state index is 11.3. The molecule has 1 N–H and O–H groups in total. The lowest BCUT2D eigenvalue weighted by Gasteiger charge is -2.20. The van der Waals surface area contributed by atoms with Gasteiger partial charge in [-0.3, -0.25) is 4.79 Å². The van der Waals surface area contributed by atoms with Crippen LogP contribution in [0.1, 0.15) is 11.7 Å². The van der Waals surface area contributed by atoms with Gasteiger partial charge in [0.15, 0.2) is 0 Å². The number of rotatable bonds is 3. The van der Waals surface area contributed by atoms with Gasteiger partial charge in [0.25, 0.3) is 0 Å². The predicted octanol–water partition coefficient (Wildman–Crippen LogP) is 2.55. The number of carbonyl (C=O) groups excluding carboxylic acids is 1. The summed E-state index contributed by atoms with van der Waals surface area (Å²) < 4.78 is 5.09. The lowest BCUT2D eigenvalue weighted by molar-refractivity contribution is -0.107. The van der Waals surface area contributed by atoms with Crippen molar-refractivity contribution in [2.45, 2.75) is 11.4 Å². The van der Waals surface area contributed by atoms with E-state index in [2.05, 4.69) is 0 Å². The van der Waals surface area contributed by atoms with Crippen LogP contribution in [0.5, 0.6) is 0 Å². The number of methoxy groups -OCH3 is 1. The summed E-state index contributed by atoms with van der Waals surface area (Å²) in [6, 6.07) is 7.03. The first-order valence-corrected chi connectivity index (χ1v) is 6.28. The Morgan fingerprint density at radius 3 is 2.82 bits per heavy atom. The molecule has 1 aliphatic rings. The summed E-state index contributed by atoms with van der Waals surface area (Å²) >= 11 is 7.06. The van der Waals surface area contributed by atoms with Gasteiger partial charge >= 0.3 is 0 Å². The van der Waals surface area contributed by atoms with Crippen LogP contribution in [0.3, 0.4) is 0 Å². The summed E-state index contributed by atoms with van der Waals surface area (Å²) in [6.45, 7) is 0. The van der Waals surface area contributed by atoms with Crippen LogP contribution in [0.2, 0.25) is 5.02 Å². The van der Waals surface area contributed by atoms with Gasteiger partial charge in [-0.15, -0.1) is 0 Å². The molecule has 1 aliphatic heterocycles. The van der Waals surface area contributed by atoms with Gasteiger partial charge in [-0.25, -0.2) is 0 Å². The molecule has 3 nitrogen and oxygen atoms in total. The van der Waals surface area contributed by atoms with Gasteiger partial charge in [-0.05, 0) is 6.07 Å². The Hall–Kier alpha value is -0.970. The summed E-state index contributed by atoms with van der Waals surface area (Å²) in [5.41, 5.74) is 0.601. The lowest BCUT2D eigenvalue weighted by atomic mass is 10.1. The first kappa shape index (κ1) is 12.5. The molecule has 0 unspecified atom stereocenters. The molecule has 0 radical (unpaired) electrons. The molecule has 0 aromatic heterocycles. The zero-order chi connectivity index (χ0) is 12.4. The lowest BCUT2D eigenvalue weighted by Crippen LogP contribution is -2.16. The van der Waals surface area contributed by atoms with Crippen LogP contribution < -0.4 is 0 Å². The van der Waals surface area contributed by atoms with Crippen LogP contribution in [-0.4, -0.2) is 22.6 Å². The molecule has 0 saturated carbocycles. The molecule has 1 aromatic rings. The number of hydrogen-bond donors (Lipinski definition) is 1. The van der Waals surface area contributed by atoms with Gasteiger partial charge in [0.2, 0.25) is 5.12 Å². The minimum Gasteiger partial charge on any atom is -0.500 e. The molecule has 0 aliphatic carbocycles. The summed E-state index contributed by atoms with van der Waals surface area (Å²) in [7, 11) is 1.48. The average Bonchev–Trinajstić information content (AvgIpc) is 2.70. The molecule has 17 heavy (non-hydrogen) atoms. The van der Waals surface area contributed by atoms with Crippen molar-refractivity contribution in [2.75, 3.05) is 7.11 Å². The molecule has 1 heterocycles. The number of hydrogen-bond acceptors (Lipinski definition) is 4. The zero-order valence-corrected chi connectivity index (χ0v) is 10.7. The quantitative estimate of drug-likeness (QED) is 0.917. The monoisotopic (exact) mass is 270 g/mol. The fourth-order valence-electron chi connectivity index (χ4n) is 1.69. The number of aliphatic hydroxyl groups is 1. The van der Waals surface area contributed by atoms with Crippen molar-refractivity contribution in [3.63, 3.8) is 0 Å². The van der Waals surface area contributed by atoms with E-state index in [1.807, 2.05) is 0 Å². The van der Waals surface area contributed by atoms with Crippen LogP contribution in [-0.2, 0) is 9.53 Å². The Bertz CT molecular complexity index is 473. The molecule has 1 aromatic carbocycles. The third kappa shape index (κ3) is 2.49. The number of carbonyl (C=O) groups is 1. The first-order valence-electron chi connectivity index (χ1n) is 5.02. The van der Waals surface area contributed by atoms with Crippen molar-refractivity contribution in [1.82, 2.24) is 0 Å². The van der Waals surface area contributed by atoms with Gasteiger partial charge in [-0.2, -0.15) is 0 Å². The van der Waals surface area contributed by atoms with E-state index in [1.54, 1.807) is 24.3 Å². The van der Waals surface area contributed by atoms with Crippen molar-refractivity contribution in [1.29, 1.82) is 0 Å². The highest BCUT2D eigenvalue weighted by Gasteiger charge is 2.34. The van der Waals surface area contributed by atoms with Gasteiger partial charge < -0.3 is 9.84 Å². The molecule has 0 saturated heterocycles. The van der Waals surface area contributed by atoms with Gasteiger partial charge in [0, 0.05) is 16.7 Å². The third-order valence-electron chi connectivity index (χ3n) is 2.53. The SMILES string of the molecule is COC1=CC(=O)S[C@@H]1[C@@H](O)c1ccccc1Cl. The Morgan fingerprint density at radius 1 is 1.47 bits per heavy atom. The first-order chi connectivity index (χ1) is 8.13. The van der Waals surface area contributed by atoms with Gasteiger partial charge in [-0.1, -0.05) is 41.6 Å². The van der Waals surface area contributed by atoms with Crippen molar-refractivity contribution in [3.05, 3.63) is 46.7 Å². The van der Waals surface area contributed by atoms with E-state index < -0.39 is 11.4 Å².